The number of hydrogen-bond acceptors (Lipinski definition) is 5. The van der Waals surface area contributed by atoms with Crippen LogP contribution < -0.4 is 0 Å². The van der Waals surface area contributed by atoms with E-state index in [1.807, 2.05) is 13.0 Å². The van der Waals surface area contributed by atoms with Crippen LogP contribution in [0.15, 0.2) is 47.1 Å². The minimum atomic E-state index is -0.632. The number of aliphatic hydroxyl groups is 1. The van der Waals surface area contributed by atoms with Crippen molar-refractivity contribution in [2.24, 2.45) is 5.92 Å². The van der Waals surface area contributed by atoms with Crippen molar-refractivity contribution in [1.82, 2.24) is 0 Å². The van der Waals surface area contributed by atoms with E-state index in [4.69, 9.17) is 9.47 Å². The number of rotatable bonds is 2. The van der Waals surface area contributed by atoms with Gasteiger partial charge in [-0.05, 0) is 45.8 Å². The Morgan fingerprint density at radius 1 is 1.44 bits per heavy atom. The fraction of sp³-hybridized carbons (Fsp3) is 0.500. The first-order chi connectivity index (χ1) is 11.7. The van der Waals surface area contributed by atoms with Crippen molar-refractivity contribution in [3.05, 3.63) is 47.1 Å². The van der Waals surface area contributed by atoms with Gasteiger partial charge in [-0.15, -0.1) is 0 Å². The van der Waals surface area contributed by atoms with E-state index in [1.54, 1.807) is 32.9 Å². The molecule has 0 amide bonds. The predicted octanol–water partition coefficient (Wildman–Crippen LogP) is 3.01. The highest BCUT2D eigenvalue weighted by Gasteiger charge is 2.44. The normalized spacial score (nSPS) is 35.0. The molecule has 2 aliphatic rings. The highest BCUT2D eigenvalue weighted by molar-refractivity contribution is 5.92. The zero-order chi connectivity index (χ0) is 18.7. The van der Waals surface area contributed by atoms with Gasteiger partial charge >= 0.3 is 11.9 Å². The zero-order valence-electron chi connectivity index (χ0n) is 15.2. The van der Waals surface area contributed by atoms with Crippen LogP contribution in [0.5, 0.6) is 0 Å². The Balaban J connectivity index is 2.42. The molecule has 136 valence electrons. The van der Waals surface area contributed by atoms with Gasteiger partial charge in [-0.2, -0.15) is 0 Å². The second-order valence-corrected chi connectivity index (χ2v) is 6.75. The number of aliphatic hydroxyl groups excluding tert-OH is 1. The summed E-state index contributed by atoms with van der Waals surface area (Å²) in [7, 11) is 0. The minimum Gasteiger partial charge on any atom is -0.458 e. The van der Waals surface area contributed by atoms with Gasteiger partial charge in [-0.1, -0.05) is 24.3 Å². The lowest BCUT2D eigenvalue weighted by molar-refractivity contribution is -0.147. The van der Waals surface area contributed by atoms with Crippen LogP contribution in [0.1, 0.15) is 40.5 Å². The Bertz CT molecular complexity index is 668. The topological polar surface area (TPSA) is 72.8 Å². The molecule has 0 unspecified atom stereocenters. The molecular formula is C20H26O5. The molecule has 0 aromatic heterocycles. The van der Waals surface area contributed by atoms with Crippen molar-refractivity contribution in [3.8, 4) is 0 Å². The Labute approximate surface area is 148 Å². The molecule has 0 aromatic carbocycles. The highest BCUT2D eigenvalue weighted by atomic mass is 16.6. The summed E-state index contributed by atoms with van der Waals surface area (Å²) in [5, 5.41) is 10.2. The first kappa shape index (κ1) is 19.2. The third kappa shape index (κ3) is 4.28. The zero-order valence-corrected chi connectivity index (χ0v) is 15.2. The van der Waals surface area contributed by atoms with E-state index in [0.29, 0.717) is 24.0 Å². The molecule has 1 N–H and O–H groups in total. The number of fused-ring (bicyclic) bond motifs is 1. The maximum atomic E-state index is 12.3. The number of hydrogen-bond donors (Lipinski definition) is 1. The molecule has 25 heavy (non-hydrogen) atoms. The van der Waals surface area contributed by atoms with Crippen molar-refractivity contribution in [2.75, 3.05) is 0 Å². The van der Waals surface area contributed by atoms with Gasteiger partial charge in [0.1, 0.15) is 12.2 Å². The second-order valence-electron chi connectivity index (χ2n) is 6.75. The van der Waals surface area contributed by atoms with Crippen molar-refractivity contribution < 1.29 is 24.2 Å². The van der Waals surface area contributed by atoms with Crippen LogP contribution in [-0.4, -0.2) is 35.4 Å². The maximum absolute atomic E-state index is 12.3. The van der Waals surface area contributed by atoms with Crippen LogP contribution in [0.3, 0.4) is 0 Å². The average Bonchev–Trinajstić information content (AvgIpc) is 2.84. The fourth-order valence-corrected chi connectivity index (χ4v) is 3.04. The molecule has 0 radical (unpaired) electrons. The summed E-state index contributed by atoms with van der Waals surface area (Å²) in [4.78, 5) is 24.3. The summed E-state index contributed by atoms with van der Waals surface area (Å²) in [5.41, 5.74) is 2.51. The molecule has 0 saturated carbocycles. The fourth-order valence-electron chi connectivity index (χ4n) is 3.04. The van der Waals surface area contributed by atoms with Crippen LogP contribution in [-0.2, 0) is 19.1 Å². The molecule has 4 atom stereocenters. The van der Waals surface area contributed by atoms with Crippen molar-refractivity contribution >= 4 is 11.9 Å². The highest BCUT2D eigenvalue weighted by Crippen LogP contribution is 2.36. The summed E-state index contributed by atoms with van der Waals surface area (Å²) in [6.45, 7) is 11.0. The third-order valence-electron chi connectivity index (χ3n) is 4.84. The number of esters is 2. The minimum absolute atomic E-state index is 0.299. The standard InChI is InChI=1S/C20H26O5/c1-6-12(3)19(22)24-16-9-11(2)7-8-15(21)13(4)10-17-18(16)14(5)20(23)25-17/h6-7,10,15-18,21H,5,8-9H2,1-4H3/b11-7+,12-6-,13-10+/t15-,16+,17-,18+/m0/s1. The quantitative estimate of drug-likeness (QED) is 0.473. The Morgan fingerprint density at radius 2 is 2.12 bits per heavy atom. The lowest BCUT2D eigenvalue weighted by atomic mass is 9.85. The largest absolute Gasteiger partial charge is 0.458 e. The molecule has 0 bridgehead atoms. The summed E-state index contributed by atoms with van der Waals surface area (Å²) in [5.74, 6) is -1.37. The van der Waals surface area contributed by atoms with Crippen molar-refractivity contribution in [2.45, 2.75) is 58.8 Å². The van der Waals surface area contributed by atoms with Crippen LogP contribution in [0, 0.1) is 5.92 Å². The molecule has 5 nitrogen and oxygen atoms in total. The predicted molar refractivity (Wildman–Crippen MR) is 94.6 cm³/mol. The van der Waals surface area contributed by atoms with Crippen LogP contribution in [0.2, 0.25) is 0 Å². The van der Waals surface area contributed by atoms with Crippen molar-refractivity contribution in [3.63, 3.8) is 0 Å². The molecule has 1 heterocycles. The molecular weight excluding hydrogens is 320 g/mol. The summed E-state index contributed by atoms with van der Waals surface area (Å²) in [6.07, 6.45) is 4.51. The van der Waals surface area contributed by atoms with Gasteiger partial charge < -0.3 is 14.6 Å². The molecule has 1 aliphatic carbocycles. The lowest BCUT2D eigenvalue weighted by Gasteiger charge is -2.28. The first-order valence-corrected chi connectivity index (χ1v) is 8.50. The van der Waals surface area contributed by atoms with Gasteiger partial charge in [0, 0.05) is 17.6 Å². The Hall–Kier alpha value is -2.14. The van der Waals surface area contributed by atoms with E-state index < -0.39 is 36.2 Å². The molecule has 5 heteroatoms. The number of carbonyl (C=O) groups is 2. The number of carbonyl (C=O) groups excluding carboxylic acids is 2. The average molecular weight is 346 g/mol. The molecule has 0 spiro atoms. The smallest absolute Gasteiger partial charge is 0.334 e. The Morgan fingerprint density at radius 3 is 2.76 bits per heavy atom. The first-order valence-electron chi connectivity index (χ1n) is 8.50. The SMILES string of the molecule is C=C1C(=O)O[C@H]2/C=C(\C)[C@@H](O)C/C=C(\C)C[C@@H](OC(=O)/C(C)=C\C)[C@@H]12. The van der Waals surface area contributed by atoms with E-state index in [1.165, 1.54) is 0 Å². The Kier molecular flexibility index (Phi) is 6.01. The van der Waals surface area contributed by atoms with Gasteiger partial charge in [0.05, 0.1) is 12.0 Å². The maximum Gasteiger partial charge on any atom is 0.334 e. The van der Waals surface area contributed by atoms with Crippen LogP contribution in [0.4, 0.5) is 0 Å². The second kappa shape index (κ2) is 7.83. The molecule has 2 rings (SSSR count). The van der Waals surface area contributed by atoms with E-state index in [-0.39, 0.29) is 0 Å². The summed E-state index contributed by atoms with van der Waals surface area (Å²) in [6, 6.07) is 0. The van der Waals surface area contributed by atoms with Crippen molar-refractivity contribution in [1.29, 1.82) is 0 Å². The van der Waals surface area contributed by atoms with Crippen LogP contribution in [0.25, 0.3) is 0 Å². The molecule has 1 saturated heterocycles. The van der Waals surface area contributed by atoms with Crippen LogP contribution >= 0.6 is 0 Å². The lowest BCUT2D eigenvalue weighted by Crippen LogP contribution is -2.34. The number of allylic oxidation sites excluding steroid dienone is 1. The molecule has 0 aromatic rings. The third-order valence-corrected chi connectivity index (χ3v) is 4.84. The van der Waals surface area contributed by atoms with E-state index in [0.717, 1.165) is 11.1 Å². The van der Waals surface area contributed by atoms with Gasteiger partial charge in [-0.3, -0.25) is 0 Å². The van der Waals surface area contributed by atoms with Gasteiger partial charge in [-0.25, -0.2) is 9.59 Å². The van der Waals surface area contributed by atoms with E-state index >= 15 is 0 Å². The van der Waals surface area contributed by atoms with E-state index in [9.17, 15) is 14.7 Å². The molecule has 1 aliphatic heterocycles. The van der Waals surface area contributed by atoms with Gasteiger partial charge in [0.2, 0.25) is 0 Å². The van der Waals surface area contributed by atoms with Gasteiger partial charge in [0.25, 0.3) is 0 Å². The number of ether oxygens (including phenoxy) is 2. The summed E-state index contributed by atoms with van der Waals surface area (Å²) >= 11 is 0. The molecule has 1 fully saturated rings. The van der Waals surface area contributed by atoms with E-state index in [2.05, 4.69) is 6.58 Å². The monoisotopic (exact) mass is 346 g/mol. The van der Waals surface area contributed by atoms with Gasteiger partial charge in [0.15, 0.2) is 0 Å². The summed E-state index contributed by atoms with van der Waals surface area (Å²) < 4.78 is 11.1.